The topological polar surface area (TPSA) is 37.3 Å². The van der Waals surface area contributed by atoms with Crippen LogP contribution < -0.4 is 0 Å². The van der Waals surface area contributed by atoms with Crippen molar-refractivity contribution in [3.8, 4) is 0 Å². The van der Waals surface area contributed by atoms with E-state index in [9.17, 15) is 4.79 Å². The molecule has 70 valence electrons. The molecule has 1 aromatic carbocycles. The molecule has 0 atom stereocenters. The molecule has 1 rings (SSSR count). The van der Waals surface area contributed by atoms with E-state index in [2.05, 4.69) is 6.92 Å². The van der Waals surface area contributed by atoms with E-state index in [-0.39, 0.29) is 6.42 Å². The van der Waals surface area contributed by atoms with E-state index in [0.717, 1.165) is 18.4 Å². The van der Waals surface area contributed by atoms with Gasteiger partial charge >= 0.3 is 5.97 Å². The number of aliphatic carboxylic acids is 1. The monoisotopic (exact) mass is 178 g/mol. The maximum atomic E-state index is 10.4. The number of benzene rings is 1. The molecule has 0 aliphatic rings. The quantitative estimate of drug-likeness (QED) is 0.767. The average Bonchev–Trinajstić information content (AvgIpc) is 2.08. The molecule has 1 N–H and O–H groups in total. The molecular formula is C11H14O2. The number of hydrogen-bond acceptors (Lipinski definition) is 1. The lowest BCUT2D eigenvalue weighted by Gasteiger charge is -2.00. The Kier molecular flexibility index (Phi) is 3.50. The van der Waals surface area contributed by atoms with Gasteiger partial charge in [-0.2, -0.15) is 0 Å². The lowest BCUT2D eigenvalue weighted by atomic mass is 10.1. The van der Waals surface area contributed by atoms with Gasteiger partial charge in [0.2, 0.25) is 0 Å². The molecule has 0 radical (unpaired) electrons. The molecule has 0 saturated heterocycles. The molecule has 13 heavy (non-hydrogen) atoms. The van der Waals surface area contributed by atoms with Crippen molar-refractivity contribution >= 4 is 5.97 Å². The summed E-state index contributed by atoms with van der Waals surface area (Å²) in [5.74, 6) is -0.775. The fourth-order valence-electron chi connectivity index (χ4n) is 1.29. The summed E-state index contributed by atoms with van der Waals surface area (Å²) in [5.41, 5.74) is 2.14. The van der Waals surface area contributed by atoms with Crippen molar-refractivity contribution in [1.29, 1.82) is 0 Å². The first kappa shape index (κ1) is 9.78. The van der Waals surface area contributed by atoms with Crippen LogP contribution in [0.3, 0.4) is 0 Å². The summed E-state index contributed by atoms with van der Waals surface area (Å²) in [4.78, 5) is 10.4. The van der Waals surface area contributed by atoms with Crippen LogP contribution in [0.25, 0.3) is 0 Å². The summed E-state index contributed by atoms with van der Waals surface area (Å²) < 4.78 is 0. The maximum absolute atomic E-state index is 10.4. The van der Waals surface area contributed by atoms with Gasteiger partial charge in [-0.3, -0.25) is 4.79 Å². The van der Waals surface area contributed by atoms with Gasteiger partial charge in [-0.05, 0) is 17.5 Å². The van der Waals surface area contributed by atoms with Crippen molar-refractivity contribution < 1.29 is 9.90 Å². The lowest BCUT2D eigenvalue weighted by Crippen LogP contribution is -1.99. The lowest BCUT2D eigenvalue weighted by molar-refractivity contribution is -0.136. The minimum atomic E-state index is -0.775. The van der Waals surface area contributed by atoms with Gasteiger partial charge in [0.25, 0.3) is 0 Å². The van der Waals surface area contributed by atoms with Gasteiger partial charge in [0.15, 0.2) is 0 Å². The smallest absolute Gasteiger partial charge is 0.307 e. The van der Waals surface area contributed by atoms with E-state index in [4.69, 9.17) is 5.11 Å². The van der Waals surface area contributed by atoms with Crippen LogP contribution in [0, 0.1) is 0 Å². The number of carboxylic acids is 1. The van der Waals surface area contributed by atoms with Crippen LogP contribution in [-0.4, -0.2) is 11.1 Å². The summed E-state index contributed by atoms with van der Waals surface area (Å²) in [7, 11) is 0. The summed E-state index contributed by atoms with van der Waals surface area (Å²) in [6, 6.07) is 7.78. The Labute approximate surface area is 78.2 Å². The van der Waals surface area contributed by atoms with Crippen molar-refractivity contribution in [2.45, 2.75) is 26.2 Å². The number of hydrogen-bond donors (Lipinski definition) is 1. The highest BCUT2D eigenvalue weighted by Crippen LogP contribution is 2.07. The van der Waals surface area contributed by atoms with Crippen LogP contribution in [0.1, 0.15) is 24.5 Å². The SMILES string of the molecule is CCCc1ccc(CC(=O)O)cc1. The normalized spacial score (nSPS) is 9.92. The highest BCUT2D eigenvalue weighted by atomic mass is 16.4. The van der Waals surface area contributed by atoms with Crippen molar-refractivity contribution in [2.24, 2.45) is 0 Å². The summed E-state index contributed by atoms with van der Waals surface area (Å²) >= 11 is 0. The summed E-state index contributed by atoms with van der Waals surface area (Å²) in [5, 5.41) is 8.54. The third kappa shape index (κ3) is 3.28. The average molecular weight is 178 g/mol. The molecule has 0 spiro atoms. The standard InChI is InChI=1S/C11H14O2/c1-2-3-9-4-6-10(7-5-9)8-11(12)13/h4-7H,2-3,8H2,1H3,(H,12,13). The van der Waals surface area contributed by atoms with E-state index in [1.54, 1.807) is 0 Å². The zero-order valence-electron chi connectivity index (χ0n) is 7.79. The Bertz CT molecular complexity index is 275. The Morgan fingerprint density at radius 1 is 1.23 bits per heavy atom. The molecule has 0 fully saturated rings. The predicted molar refractivity (Wildman–Crippen MR) is 51.8 cm³/mol. The van der Waals surface area contributed by atoms with Crippen LogP contribution in [0.2, 0.25) is 0 Å². The van der Waals surface area contributed by atoms with Crippen LogP contribution in [0.5, 0.6) is 0 Å². The molecule has 0 aromatic heterocycles. The Balaban J connectivity index is 2.64. The molecule has 2 heteroatoms. The van der Waals surface area contributed by atoms with Gasteiger partial charge in [0.05, 0.1) is 6.42 Å². The van der Waals surface area contributed by atoms with Crippen molar-refractivity contribution in [3.05, 3.63) is 35.4 Å². The number of aryl methyl sites for hydroxylation is 1. The highest BCUT2D eigenvalue weighted by molar-refractivity contribution is 5.70. The second kappa shape index (κ2) is 4.65. The first-order chi connectivity index (χ1) is 6.22. The number of carbonyl (C=O) groups is 1. The fraction of sp³-hybridized carbons (Fsp3) is 0.364. The maximum Gasteiger partial charge on any atom is 0.307 e. The Hall–Kier alpha value is -1.31. The first-order valence-electron chi connectivity index (χ1n) is 4.52. The largest absolute Gasteiger partial charge is 0.481 e. The number of rotatable bonds is 4. The summed E-state index contributed by atoms with van der Waals surface area (Å²) in [6.45, 7) is 2.13. The van der Waals surface area contributed by atoms with Gasteiger partial charge in [-0.25, -0.2) is 0 Å². The van der Waals surface area contributed by atoms with Crippen LogP contribution in [-0.2, 0) is 17.6 Å². The van der Waals surface area contributed by atoms with Gasteiger partial charge in [-0.15, -0.1) is 0 Å². The third-order valence-corrected chi connectivity index (χ3v) is 1.92. The van der Waals surface area contributed by atoms with Gasteiger partial charge in [0, 0.05) is 0 Å². The zero-order chi connectivity index (χ0) is 9.68. The minimum Gasteiger partial charge on any atom is -0.481 e. The minimum absolute atomic E-state index is 0.117. The molecule has 0 aliphatic carbocycles. The molecular weight excluding hydrogens is 164 g/mol. The molecule has 0 amide bonds. The molecule has 2 nitrogen and oxygen atoms in total. The molecule has 0 unspecified atom stereocenters. The molecule has 1 aromatic rings. The van der Waals surface area contributed by atoms with E-state index >= 15 is 0 Å². The second-order valence-electron chi connectivity index (χ2n) is 3.14. The van der Waals surface area contributed by atoms with E-state index < -0.39 is 5.97 Å². The molecule has 0 aliphatic heterocycles. The van der Waals surface area contributed by atoms with E-state index in [0.29, 0.717) is 0 Å². The highest BCUT2D eigenvalue weighted by Gasteiger charge is 1.99. The molecule has 0 heterocycles. The van der Waals surface area contributed by atoms with Crippen molar-refractivity contribution in [3.63, 3.8) is 0 Å². The van der Waals surface area contributed by atoms with Crippen molar-refractivity contribution in [1.82, 2.24) is 0 Å². The number of carboxylic acid groups (broad SMARTS) is 1. The van der Waals surface area contributed by atoms with Crippen molar-refractivity contribution in [2.75, 3.05) is 0 Å². The molecule has 0 saturated carbocycles. The first-order valence-corrected chi connectivity index (χ1v) is 4.52. The van der Waals surface area contributed by atoms with Crippen LogP contribution in [0.4, 0.5) is 0 Å². The van der Waals surface area contributed by atoms with Crippen LogP contribution in [0.15, 0.2) is 24.3 Å². The van der Waals surface area contributed by atoms with E-state index in [1.165, 1.54) is 5.56 Å². The predicted octanol–water partition coefficient (Wildman–Crippen LogP) is 2.27. The van der Waals surface area contributed by atoms with Crippen LogP contribution >= 0.6 is 0 Å². The second-order valence-corrected chi connectivity index (χ2v) is 3.14. The third-order valence-electron chi connectivity index (χ3n) is 1.92. The zero-order valence-corrected chi connectivity index (χ0v) is 7.79. The van der Waals surface area contributed by atoms with Gasteiger partial charge in [-0.1, -0.05) is 37.6 Å². The Morgan fingerprint density at radius 3 is 2.23 bits per heavy atom. The molecule has 0 bridgehead atoms. The van der Waals surface area contributed by atoms with Gasteiger partial charge < -0.3 is 5.11 Å². The summed E-state index contributed by atoms with van der Waals surface area (Å²) in [6.07, 6.45) is 2.30. The Morgan fingerprint density at radius 2 is 1.77 bits per heavy atom. The van der Waals surface area contributed by atoms with Gasteiger partial charge in [0.1, 0.15) is 0 Å². The fourth-order valence-corrected chi connectivity index (χ4v) is 1.29. The van der Waals surface area contributed by atoms with E-state index in [1.807, 2.05) is 24.3 Å².